The number of amides is 2. The summed E-state index contributed by atoms with van der Waals surface area (Å²) >= 11 is 0. The molecule has 1 aliphatic rings. The molecule has 1 unspecified atom stereocenters. The van der Waals surface area contributed by atoms with Gasteiger partial charge >= 0.3 is 6.03 Å². The molecule has 2 amide bonds. The molecule has 0 spiro atoms. The number of likely N-dealkylation sites (N-methyl/N-ethyl adjacent to an activating group) is 1. The molecule has 1 N–H and O–H groups in total. The van der Waals surface area contributed by atoms with Gasteiger partial charge in [0, 0.05) is 33.7 Å². The fraction of sp³-hybridized carbons (Fsp3) is 0.900. The Balaban J connectivity index is 2.23. The molecule has 0 aromatic rings. The first kappa shape index (κ1) is 12.3. The number of hydrogen-bond donors (Lipinski definition) is 1. The van der Waals surface area contributed by atoms with E-state index in [1.807, 2.05) is 0 Å². The van der Waals surface area contributed by atoms with Crippen LogP contribution in [-0.2, 0) is 4.74 Å². The smallest absolute Gasteiger partial charge is 0.316 e. The van der Waals surface area contributed by atoms with Crippen LogP contribution in [0.4, 0.5) is 4.79 Å². The van der Waals surface area contributed by atoms with E-state index in [-0.39, 0.29) is 12.1 Å². The summed E-state index contributed by atoms with van der Waals surface area (Å²) < 4.78 is 5.57. The predicted molar refractivity (Wildman–Crippen MR) is 58.9 cm³/mol. The third-order valence-electron chi connectivity index (χ3n) is 2.56. The normalized spacial score (nSPS) is 22.5. The molecule has 0 aromatic carbocycles. The lowest BCUT2D eigenvalue weighted by atomic mass is 10.2. The number of carbonyl (C=O) groups is 1. The van der Waals surface area contributed by atoms with Crippen molar-refractivity contribution in [2.24, 2.45) is 0 Å². The lowest BCUT2D eigenvalue weighted by molar-refractivity contribution is -0.0242. The van der Waals surface area contributed by atoms with Crippen LogP contribution in [0.5, 0.6) is 0 Å². The molecule has 1 heterocycles. The summed E-state index contributed by atoms with van der Waals surface area (Å²) in [5.41, 5.74) is 0. The summed E-state index contributed by atoms with van der Waals surface area (Å²) in [6.45, 7) is 6.44. The highest BCUT2D eigenvalue weighted by atomic mass is 16.5. The minimum Gasteiger partial charge on any atom is -0.374 e. The van der Waals surface area contributed by atoms with Crippen LogP contribution in [0.25, 0.3) is 0 Å². The molecule has 0 bridgehead atoms. The zero-order chi connectivity index (χ0) is 11.3. The van der Waals surface area contributed by atoms with Crippen LogP contribution >= 0.6 is 0 Å². The Bertz CT molecular complexity index is 209. The summed E-state index contributed by atoms with van der Waals surface area (Å²) in [4.78, 5) is 15.1. The Morgan fingerprint density at radius 2 is 2.33 bits per heavy atom. The minimum absolute atomic E-state index is 0.0628. The second-order valence-electron chi connectivity index (χ2n) is 3.97. The number of morpholine rings is 1. The summed E-state index contributed by atoms with van der Waals surface area (Å²) in [7, 11) is 3.46. The van der Waals surface area contributed by atoms with Gasteiger partial charge in [0.25, 0.3) is 0 Å². The van der Waals surface area contributed by atoms with Gasteiger partial charge in [-0.05, 0) is 6.54 Å². The number of rotatable bonds is 3. The molecule has 88 valence electrons. The molecule has 0 saturated carbocycles. The first-order chi connectivity index (χ1) is 7.13. The summed E-state index contributed by atoms with van der Waals surface area (Å²) in [6.07, 6.45) is 0.127. The summed E-state index contributed by atoms with van der Waals surface area (Å²) in [6, 6.07) is -0.0628. The molecule has 1 aliphatic heterocycles. The van der Waals surface area contributed by atoms with Gasteiger partial charge in [0.15, 0.2) is 0 Å². The zero-order valence-corrected chi connectivity index (χ0v) is 9.82. The Kier molecular flexibility index (Phi) is 4.84. The second-order valence-corrected chi connectivity index (χ2v) is 3.97. The number of nitrogens with zero attached hydrogens (tertiary/aromatic N) is 2. The van der Waals surface area contributed by atoms with Gasteiger partial charge in [-0.15, -0.1) is 0 Å². The van der Waals surface area contributed by atoms with Crippen molar-refractivity contribution in [1.82, 2.24) is 15.1 Å². The zero-order valence-electron chi connectivity index (χ0n) is 9.82. The highest BCUT2D eigenvalue weighted by Gasteiger charge is 2.19. The third kappa shape index (κ3) is 4.05. The highest BCUT2D eigenvalue weighted by molar-refractivity contribution is 5.73. The molecule has 1 atom stereocenters. The van der Waals surface area contributed by atoms with Crippen molar-refractivity contribution in [1.29, 1.82) is 0 Å². The lowest BCUT2D eigenvalue weighted by Gasteiger charge is -2.32. The average molecular weight is 215 g/mol. The van der Waals surface area contributed by atoms with Crippen LogP contribution in [0.2, 0.25) is 0 Å². The Morgan fingerprint density at radius 3 is 2.93 bits per heavy atom. The van der Waals surface area contributed by atoms with E-state index in [2.05, 4.69) is 17.1 Å². The van der Waals surface area contributed by atoms with Crippen LogP contribution in [0.15, 0.2) is 0 Å². The fourth-order valence-electron chi connectivity index (χ4n) is 1.55. The number of hydrogen-bond acceptors (Lipinski definition) is 3. The maximum Gasteiger partial charge on any atom is 0.316 e. The fourth-order valence-corrected chi connectivity index (χ4v) is 1.55. The first-order valence-corrected chi connectivity index (χ1v) is 5.42. The van der Waals surface area contributed by atoms with E-state index >= 15 is 0 Å². The van der Waals surface area contributed by atoms with Crippen LogP contribution in [0, 0.1) is 0 Å². The van der Waals surface area contributed by atoms with E-state index in [9.17, 15) is 4.79 Å². The second kappa shape index (κ2) is 5.92. The van der Waals surface area contributed by atoms with Crippen LogP contribution in [0.3, 0.4) is 0 Å². The van der Waals surface area contributed by atoms with Crippen molar-refractivity contribution in [2.45, 2.75) is 13.0 Å². The van der Waals surface area contributed by atoms with Crippen LogP contribution in [-0.4, -0.2) is 68.8 Å². The SMILES string of the molecule is CCN1CCOC(CNC(=O)N(C)C)C1. The molecule has 1 rings (SSSR count). The molecule has 5 heteroatoms. The molecule has 0 aliphatic carbocycles. The van der Waals surface area contributed by atoms with Crippen molar-refractivity contribution in [3.63, 3.8) is 0 Å². The van der Waals surface area contributed by atoms with Gasteiger partial charge in [0.1, 0.15) is 0 Å². The quantitative estimate of drug-likeness (QED) is 0.719. The Morgan fingerprint density at radius 1 is 1.60 bits per heavy atom. The topological polar surface area (TPSA) is 44.8 Å². The third-order valence-corrected chi connectivity index (χ3v) is 2.56. The van der Waals surface area contributed by atoms with Gasteiger partial charge in [-0.2, -0.15) is 0 Å². The molecular weight excluding hydrogens is 194 g/mol. The average Bonchev–Trinajstić information content (AvgIpc) is 2.26. The van der Waals surface area contributed by atoms with Crippen LogP contribution in [0.1, 0.15) is 6.92 Å². The summed E-state index contributed by atoms with van der Waals surface area (Å²) in [5, 5.41) is 2.83. The number of carbonyl (C=O) groups excluding carboxylic acids is 1. The summed E-state index contributed by atoms with van der Waals surface area (Å²) in [5.74, 6) is 0. The number of urea groups is 1. The van der Waals surface area contributed by atoms with Gasteiger partial charge in [-0.3, -0.25) is 4.90 Å². The van der Waals surface area contributed by atoms with E-state index in [0.717, 1.165) is 26.2 Å². The van der Waals surface area contributed by atoms with Gasteiger partial charge in [0.2, 0.25) is 0 Å². The van der Waals surface area contributed by atoms with Crippen molar-refractivity contribution >= 4 is 6.03 Å². The maximum absolute atomic E-state index is 11.3. The minimum atomic E-state index is -0.0628. The molecule has 0 radical (unpaired) electrons. The molecule has 1 saturated heterocycles. The molecule has 0 aromatic heterocycles. The number of nitrogens with one attached hydrogen (secondary N) is 1. The van der Waals surface area contributed by atoms with E-state index in [1.54, 1.807) is 14.1 Å². The van der Waals surface area contributed by atoms with Crippen molar-refractivity contribution < 1.29 is 9.53 Å². The van der Waals surface area contributed by atoms with E-state index in [1.165, 1.54) is 4.90 Å². The maximum atomic E-state index is 11.3. The van der Waals surface area contributed by atoms with Crippen molar-refractivity contribution in [3.8, 4) is 0 Å². The van der Waals surface area contributed by atoms with Gasteiger partial charge in [0.05, 0.1) is 12.7 Å². The predicted octanol–water partition coefficient (Wildman–Crippen LogP) is -0.0217. The largest absolute Gasteiger partial charge is 0.374 e. The molecule has 5 nitrogen and oxygen atoms in total. The Labute approximate surface area is 91.4 Å². The molecular formula is C10H21N3O2. The monoisotopic (exact) mass is 215 g/mol. The van der Waals surface area contributed by atoms with Gasteiger partial charge in [-0.1, -0.05) is 6.92 Å². The lowest BCUT2D eigenvalue weighted by Crippen LogP contribution is -2.48. The standard InChI is InChI=1S/C10H21N3O2/c1-4-13-5-6-15-9(8-13)7-11-10(14)12(2)3/h9H,4-8H2,1-3H3,(H,11,14). The van der Waals surface area contributed by atoms with Crippen molar-refractivity contribution in [2.75, 3.05) is 46.9 Å². The molecule has 15 heavy (non-hydrogen) atoms. The molecule has 1 fully saturated rings. The van der Waals surface area contributed by atoms with E-state index in [0.29, 0.717) is 6.54 Å². The first-order valence-electron chi connectivity index (χ1n) is 5.42. The number of ether oxygens (including phenoxy) is 1. The highest BCUT2D eigenvalue weighted by Crippen LogP contribution is 2.03. The van der Waals surface area contributed by atoms with Gasteiger partial charge < -0.3 is 15.0 Å². The van der Waals surface area contributed by atoms with E-state index < -0.39 is 0 Å². The Hall–Kier alpha value is -0.810. The van der Waals surface area contributed by atoms with Crippen LogP contribution < -0.4 is 5.32 Å². The van der Waals surface area contributed by atoms with E-state index in [4.69, 9.17) is 4.74 Å². The van der Waals surface area contributed by atoms with Crippen molar-refractivity contribution in [3.05, 3.63) is 0 Å². The van der Waals surface area contributed by atoms with Gasteiger partial charge in [-0.25, -0.2) is 4.79 Å².